The summed E-state index contributed by atoms with van der Waals surface area (Å²) in [4.78, 5) is 6.62. The van der Waals surface area contributed by atoms with Gasteiger partial charge in [0.05, 0.1) is 12.1 Å². The lowest BCUT2D eigenvalue weighted by atomic mass is 9.87. The summed E-state index contributed by atoms with van der Waals surface area (Å²) < 4.78 is 0. The van der Waals surface area contributed by atoms with Crippen molar-refractivity contribution in [3.05, 3.63) is 65.7 Å². The van der Waals surface area contributed by atoms with E-state index in [1.165, 1.54) is 11.1 Å². The number of anilines is 1. The van der Waals surface area contributed by atoms with Gasteiger partial charge in [0, 0.05) is 5.69 Å². The topological polar surface area (TPSA) is 41.6 Å². The van der Waals surface area contributed by atoms with Crippen LogP contribution in [0.4, 0.5) is 5.69 Å². The molecule has 0 aromatic heterocycles. The van der Waals surface area contributed by atoms with Gasteiger partial charge in [-0.25, -0.2) is 0 Å². The lowest BCUT2D eigenvalue weighted by molar-refractivity contribution is 0.529. The Kier molecular flexibility index (Phi) is 2.97. The minimum absolute atomic E-state index is 0.225. The molecule has 1 aliphatic rings. The maximum absolute atomic E-state index is 6.15. The Balaban J connectivity index is 2.12. The van der Waals surface area contributed by atoms with E-state index in [9.17, 15) is 0 Å². The molecule has 2 aromatic rings. The highest BCUT2D eigenvalue weighted by molar-refractivity contribution is 5.98. The minimum atomic E-state index is -0.225. The number of aliphatic imine (C=N–C) groups is 1. The highest BCUT2D eigenvalue weighted by Crippen LogP contribution is 2.37. The van der Waals surface area contributed by atoms with Gasteiger partial charge in [-0.05, 0) is 37.1 Å². The van der Waals surface area contributed by atoms with Gasteiger partial charge in [-0.1, -0.05) is 42.5 Å². The predicted octanol–water partition coefficient (Wildman–Crippen LogP) is 3.05. The summed E-state index contributed by atoms with van der Waals surface area (Å²) in [6.07, 6.45) is 0. The fourth-order valence-electron chi connectivity index (χ4n) is 3.01. The second-order valence-electron chi connectivity index (χ2n) is 5.43. The summed E-state index contributed by atoms with van der Waals surface area (Å²) in [5, 5.41) is 0. The lowest BCUT2D eigenvalue weighted by Gasteiger charge is -2.37. The summed E-state index contributed by atoms with van der Waals surface area (Å²) in [5.41, 5.74) is 9.54. The standard InChI is InChI=1S/C17H19N3/c1-13-8-6-7-11-15(13)17(2)12-19-16(18)20(17)14-9-4-3-5-10-14/h3-11H,12H2,1-2H3,(H2,18,19). The smallest absolute Gasteiger partial charge is 0.196 e. The van der Waals surface area contributed by atoms with E-state index >= 15 is 0 Å². The van der Waals surface area contributed by atoms with Crippen molar-refractivity contribution in [1.82, 2.24) is 0 Å². The molecule has 3 heteroatoms. The van der Waals surface area contributed by atoms with Crippen molar-refractivity contribution in [1.29, 1.82) is 0 Å². The van der Waals surface area contributed by atoms with E-state index in [0.717, 1.165) is 5.69 Å². The largest absolute Gasteiger partial charge is 0.369 e. The van der Waals surface area contributed by atoms with Crippen molar-refractivity contribution in [2.24, 2.45) is 10.7 Å². The normalized spacial score (nSPS) is 21.9. The van der Waals surface area contributed by atoms with E-state index in [0.29, 0.717) is 12.5 Å². The summed E-state index contributed by atoms with van der Waals surface area (Å²) in [6.45, 7) is 5.02. The zero-order valence-electron chi connectivity index (χ0n) is 11.9. The first-order valence-electron chi connectivity index (χ1n) is 6.84. The molecule has 20 heavy (non-hydrogen) atoms. The molecular formula is C17H19N3. The third kappa shape index (κ3) is 1.86. The quantitative estimate of drug-likeness (QED) is 0.906. The molecule has 2 N–H and O–H groups in total. The Labute approximate surface area is 119 Å². The van der Waals surface area contributed by atoms with Crippen molar-refractivity contribution in [2.45, 2.75) is 19.4 Å². The maximum atomic E-state index is 6.15. The van der Waals surface area contributed by atoms with Gasteiger partial charge in [0.15, 0.2) is 5.96 Å². The molecule has 0 amide bonds. The summed E-state index contributed by atoms with van der Waals surface area (Å²) in [5.74, 6) is 0.585. The van der Waals surface area contributed by atoms with E-state index in [1.807, 2.05) is 18.2 Å². The van der Waals surface area contributed by atoms with Crippen molar-refractivity contribution in [3.63, 3.8) is 0 Å². The van der Waals surface area contributed by atoms with E-state index in [2.05, 4.69) is 60.1 Å². The number of aryl methyl sites for hydroxylation is 1. The SMILES string of the molecule is Cc1ccccc1C1(C)CN=C(N)N1c1ccccc1. The molecule has 1 atom stereocenters. The zero-order chi connectivity index (χ0) is 14.2. The average Bonchev–Trinajstić information content (AvgIpc) is 2.77. The van der Waals surface area contributed by atoms with Crippen molar-refractivity contribution < 1.29 is 0 Å². The van der Waals surface area contributed by atoms with Gasteiger partial charge in [-0.2, -0.15) is 0 Å². The van der Waals surface area contributed by atoms with Gasteiger partial charge < -0.3 is 10.6 Å². The maximum Gasteiger partial charge on any atom is 0.196 e. The van der Waals surface area contributed by atoms with E-state index < -0.39 is 0 Å². The number of hydrogen-bond donors (Lipinski definition) is 1. The molecule has 0 aliphatic carbocycles. The molecule has 0 spiro atoms. The van der Waals surface area contributed by atoms with Gasteiger partial charge >= 0.3 is 0 Å². The Hall–Kier alpha value is -2.29. The molecule has 1 heterocycles. The van der Waals surface area contributed by atoms with Crippen LogP contribution in [0.5, 0.6) is 0 Å². The Morgan fingerprint density at radius 2 is 1.70 bits per heavy atom. The van der Waals surface area contributed by atoms with Crippen LogP contribution in [0.3, 0.4) is 0 Å². The summed E-state index contributed by atoms with van der Waals surface area (Å²) in [7, 11) is 0. The monoisotopic (exact) mass is 265 g/mol. The lowest BCUT2D eigenvalue weighted by Crippen LogP contribution is -2.48. The van der Waals surface area contributed by atoms with Gasteiger partial charge in [-0.15, -0.1) is 0 Å². The first-order chi connectivity index (χ1) is 9.63. The molecule has 3 rings (SSSR count). The van der Waals surface area contributed by atoms with Gasteiger partial charge in [0.1, 0.15) is 0 Å². The number of benzene rings is 2. The fourth-order valence-corrected chi connectivity index (χ4v) is 3.01. The second-order valence-corrected chi connectivity index (χ2v) is 5.43. The van der Waals surface area contributed by atoms with Crippen LogP contribution in [0.25, 0.3) is 0 Å². The number of nitrogens with two attached hydrogens (primary N) is 1. The highest BCUT2D eigenvalue weighted by atomic mass is 15.4. The first-order valence-corrected chi connectivity index (χ1v) is 6.84. The van der Waals surface area contributed by atoms with Crippen LogP contribution in [0.1, 0.15) is 18.1 Å². The van der Waals surface area contributed by atoms with Crippen LogP contribution < -0.4 is 10.6 Å². The minimum Gasteiger partial charge on any atom is -0.369 e. The molecule has 0 fully saturated rings. The van der Waals surface area contributed by atoms with Crippen LogP contribution in [-0.2, 0) is 5.54 Å². The Morgan fingerprint density at radius 1 is 1.05 bits per heavy atom. The Morgan fingerprint density at radius 3 is 2.40 bits per heavy atom. The predicted molar refractivity (Wildman–Crippen MR) is 83.9 cm³/mol. The van der Waals surface area contributed by atoms with Crippen LogP contribution in [0.2, 0.25) is 0 Å². The molecule has 0 bridgehead atoms. The summed E-state index contributed by atoms with van der Waals surface area (Å²) in [6, 6.07) is 18.7. The van der Waals surface area contributed by atoms with E-state index in [-0.39, 0.29) is 5.54 Å². The molecule has 1 unspecified atom stereocenters. The average molecular weight is 265 g/mol. The van der Waals surface area contributed by atoms with Crippen molar-refractivity contribution in [2.75, 3.05) is 11.4 Å². The highest BCUT2D eigenvalue weighted by Gasteiger charge is 2.41. The molecule has 0 saturated heterocycles. The number of para-hydroxylation sites is 1. The van der Waals surface area contributed by atoms with Gasteiger partial charge in [0.2, 0.25) is 0 Å². The van der Waals surface area contributed by atoms with Crippen LogP contribution in [-0.4, -0.2) is 12.5 Å². The molecular weight excluding hydrogens is 246 g/mol. The van der Waals surface area contributed by atoms with Gasteiger partial charge in [-0.3, -0.25) is 4.99 Å². The third-order valence-electron chi connectivity index (χ3n) is 4.01. The number of rotatable bonds is 2. The van der Waals surface area contributed by atoms with Crippen molar-refractivity contribution >= 4 is 11.6 Å². The number of nitrogens with zero attached hydrogens (tertiary/aromatic N) is 2. The molecule has 1 aliphatic heterocycles. The molecule has 3 nitrogen and oxygen atoms in total. The molecule has 102 valence electrons. The van der Waals surface area contributed by atoms with E-state index in [1.54, 1.807) is 0 Å². The third-order valence-corrected chi connectivity index (χ3v) is 4.01. The molecule has 2 aromatic carbocycles. The van der Waals surface area contributed by atoms with Crippen molar-refractivity contribution in [3.8, 4) is 0 Å². The van der Waals surface area contributed by atoms with Gasteiger partial charge in [0.25, 0.3) is 0 Å². The van der Waals surface area contributed by atoms with E-state index in [4.69, 9.17) is 5.73 Å². The molecule has 0 saturated carbocycles. The summed E-state index contributed by atoms with van der Waals surface area (Å²) >= 11 is 0. The van der Waals surface area contributed by atoms with Crippen LogP contribution in [0.15, 0.2) is 59.6 Å². The van der Waals surface area contributed by atoms with Crippen LogP contribution >= 0.6 is 0 Å². The zero-order valence-corrected chi connectivity index (χ0v) is 11.9. The molecule has 0 radical (unpaired) electrons. The number of guanidine groups is 1. The Bertz CT molecular complexity index is 648. The first kappa shape index (κ1) is 12.7. The number of hydrogen-bond acceptors (Lipinski definition) is 3. The second kappa shape index (κ2) is 4.67. The fraction of sp³-hybridized carbons (Fsp3) is 0.235. The van der Waals surface area contributed by atoms with Crippen LogP contribution in [0, 0.1) is 6.92 Å².